The van der Waals surface area contributed by atoms with E-state index >= 15 is 0 Å². The third kappa shape index (κ3) is 0.816. The van der Waals surface area contributed by atoms with Gasteiger partial charge >= 0.3 is 5.97 Å². The van der Waals surface area contributed by atoms with Gasteiger partial charge in [-0.3, -0.25) is 0 Å². The lowest BCUT2D eigenvalue weighted by molar-refractivity contribution is 0.0691. The highest BCUT2D eigenvalue weighted by Crippen LogP contribution is 2.52. The van der Waals surface area contributed by atoms with Crippen LogP contribution < -0.4 is 0 Å². The number of hydrogen-bond donors (Lipinski definition) is 2. The second kappa shape index (κ2) is 2.16. The van der Waals surface area contributed by atoms with Gasteiger partial charge in [-0.25, -0.2) is 4.79 Å². The summed E-state index contributed by atoms with van der Waals surface area (Å²) in [6, 6.07) is 1.82. The van der Waals surface area contributed by atoms with Crippen molar-refractivity contribution in [2.75, 3.05) is 0 Å². The third-order valence-electron chi connectivity index (χ3n) is 3.39. The summed E-state index contributed by atoms with van der Waals surface area (Å²) in [4.78, 5) is 13.7. The molecule has 2 N–H and O–H groups in total. The monoisotopic (exact) mass is 177 g/mol. The number of rotatable bonds is 1. The molecule has 13 heavy (non-hydrogen) atoms. The molecule has 2 aliphatic carbocycles. The zero-order chi connectivity index (χ0) is 9.00. The van der Waals surface area contributed by atoms with Gasteiger partial charge in [-0.2, -0.15) is 0 Å². The number of hydrogen-bond acceptors (Lipinski definition) is 1. The SMILES string of the molecule is O=C(O)c1cc2c([nH]1)[C@@H]1CC[C@H]2C1. The minimum atomic E-state index is -0.839. The number of carboxylic acids is 1. The van der Waals surface area contributed by atoms with Crippen molar-refractivity contribution in [2.24, 2.45) is 0 Å². The highest BCUT2D eigenvalue weighted by molar-refractivity contribution is 5.86. The molecular weight excluding hydrogens is 166 g/mol. The lowest BCUT2D eigenvalue weighted by atomic mass is 9.98. The molecule has 3 heteroatoms. The number of carboxylic acid groups (broad SMARTS) is 1. The van der Waals surface area contributed by atoms with E-state index in [2.05, 4.69) is 4.98 Å². The largest absolute Gasteiger partial charge is 0.477 e. The van der Waals surface area contributed by atoms with Gasteiger partial charge in [0.15, 0.2) is 0 Å². The predicted molar refractivity (Wildman–Crippen MR) is 47.1 cm³/mol. The van der Waals surface area contributed by atoms with Crippen molar-refractivity contribution in [1.82, 2.24) is 4.98 Å². The first-order chi connectivity index (χ1) is 6.25. The van der Waals surface area contributed by atoms with Crippen LogP contribution in [0, 0.1) is 0 Å². The summed E-state index contributed by atoms with van der Waals surface area (Å²) in [5, 5.41) is 8.80. The van der Waals surface area contributed by atoms with Gasteiger partial charge in [0.05, 0.1) is 0 Å². The molecule has 1 fully saturated rings. The van der Waals surface area contributed by atoms with Crippen LogP contribution in [-0.2, 0) is 0 Å². The van der Waals surface area contributed by atoms with E-state index in [1.54, 1.807) is 0 Å². The fraction of sp³-hybridized carbons (Fsp3) is 0.500. The fourth-order valence-corrected chi connectivity index (χ4v) is 2.80. The lowest BCUT2D eigenvalue weighted by Crippen LogP contribution is -1.98. The van der Waals surface area contributed by atoms with E-state index in [4.69, 9.17) is 5.11 Å². The second-order valence-electron chi connectivity index (χ2n) is 4.06. The van der Waals surface area contributed by atoms with Gasteiger partial charge in [0.1, 0.15) is 5.69 Å². The summed E-state index contributed by atoms with van der Waals surface area (Å²) in [6.45, 7) is 0. The van der Waals surface area contributed by atoms with Crippen molar-refractivity contribution < 1.29 is 9.90 Å². The quantitative estimate of drug-likeness (QED) is 0.690. The molecule has 1 aromatic rings. The maximum atomic E-state index is 10.7. The average molecular weight is 177 g/mol. The number of nitrogens with one attached hydrogen (secondary N) is 1. The smallest absolute Gasteiger partial charge is 0.352 e. The Bertz CT molecular complexity index is 353. The van der Waals surface area contributed by atoms with Crippen LogP contribution in [0.5, 0.6) is 0 Å². The molecule has 0 amide bonds. The maximum Gasteiger partial charge on any atom is 0.352 e. The predicted octanol–water partition coefficient (Wildman–Crippen LogP) is 2.08. The maximum absolute atomic E-state index is 10.7. The Morgan fingerprint density at radius 3 is 2.92 bits per heavy atom. The zero-order valence-corrected chi connectivity index (χ0v) is 7.21. The van der Waals surface area contributed by atoms with E-state index in [1.807, 2.05) is 6.07 Å². The molecule has 0 aromatic carbocycles. The molecule has 1 heterocycles. The van der Waals surface area contributed by atoms with Gasteiger partial charge in [0, 0.05) is 5.69 Å². The molecule has 3 rings (SSSR count). The highest BCUT2D eigenvalue weighted by atomic mass is 16.4. The van der Waals surface area contributed by atoms with E-state index in [1.165, 1.54) is 30.5 Å². The van der Waals surface area contributed by atoms with Gasteiger partial charge < -0.3 is 10.1 Å². The molecule has 1 saturated carbocycles. The zero-order valence-electron chi connectivity index (χ0n) is 7.21. The normalized spacial score (nSPS) is 29.2. The molecule has 2 bridgehead atoms. The number of fused-ring (bicyclic) bond motifs is 5. The number of aromatic amines is 1. The Morgan fingerprint density at radius 1 is 1.46 bits per heavy atom. The van der Waals surface area contributed by atoms with Crippen LogP contribution in [0.4, 0.5) is 0 Å². The first kappa shape index (κ1) is 7.18. The first-order valence-electron chi connectivity index (χ1n) is 4.72. The van der Waals surface area contributed by atoms with Crippen molar-refractivity contribution in [1.29, 1.82) is 0 Å². The van der Waals surface area contributed by atoms with Crippen molar-refractivity contribution in [3.05, 3.63) is 23.0 Å². The third-order valence-corrected chi connectivity index (χ3v) is 3.39. The van der Waals surface area contributed by atoms with E-state index in [9.17, 15) is 4.79 Å². The van der Waals surface area contributed by atoms with Gasteiger partial charge in [-0.05, 0) is 42.7 Å². The summed E-state index contributed by atoms with van der Waals surface area (Å²) in [5.41, 5.74) is 2.84. The van der Waals surface area contributed by atoms with E-state index < -0.39 is 5.97 Å². The van der Waals surface area contributed by atoms with E-state index in [-0.39, 0.29) is 0 Å². The van der Waals surface area contributed by atoms with Crippen molar-refractivity contribution in [3.63, 3.8) is 0 Å². The van der Waals surface area contributed by atoms with Crippen molar-refractivity contribution in [3.8, 4) is 0 Å². The second-order valence-corrected chi connectivity index (χ2v) is 4.06. The van der Waals surface area contributed by atoms with Crippen molar-refractivity contribution in [2.45, 2.75) is 31.1 Å². The summed E-state index contributed by atoms with van der Waals surface area (Å²) in [7, 11) is 0. The molecule has 2 atom stereocenters. The van der Waals surface area contributed by atoms with Crippen molar-refractivity contribution >= 4 is 5.97 Å². The molecule has 0 radical (unpaired) electrons. The van der Waals surface area contributed by atoms with Crippen LogP contribution in [0.2, 0.25) is 0 Å². The van der Waals surface area contributed by atoms with Gasteiger partial charge in [0.2, 0.25) is 0 Å². The first-order valence-corrected chi connectivity index (χ1v) is 4.72. The summed E-state index contributed by atoms with van der Waals surface area (Å²) in [5.74, 6) is 0.422. The van der Waals surface area contributed by atoms with Crippen LogP contribution in [0.15, 0.2) is 6.07 Å². The number of carbonyl (C=O) groups is 1. The number of aromatic nitrogens is 1. The van der Waals surface area contributed by atoms with Crippen LogP contribution in [-0.4, -0.2) is 16.1 Å². The van der Waals surface area contributed by atoms with E-state index in [0.29, 0.717) is 17.5 Å². The summed E-state index contributed by atoms with van der Waals surface area (Å²) >= 11 is 0. The minimum Gasteiger partial charge on any atom is -0.477 e. The average Bonchev–Trinajstić information content (AvgIpc) is 2.76. The van der Waals surface area contributed by atoms with Crippen LogP contribution >= 0.6 is 0 Å². The molecule has 3 nitrogen and oxygen atoms in total. The number of H-pyrrole nitrogens is 1. The van der Waals surface area contributed by atoms with E-state index in [0.717, 1.165) is 0 Å². The Morgan fingerprint density at radius 2 is 2.23 bits per heavy atom. The standard InChI is InChI=1S/C10H11NO2/c12-10(13)8-4-7-5-1-2-6(3-5)9(7)11-8/h4-6,11H,1-3H2,(H,12,13)/t5-,6+/m0/s1. The summed E-state index contributed by atoms with van der Waals surface area (Å²) < 4.78 is 0. The van der Waals surface area contributed by atoms with Gasteiger partial charge in [-0.1, -0.05) is 0 Å². The molecule has 0 unspecified atom stereocenters. The minimum absolute atomic E-state index is 0.363. The highest BCUT2D eigenvalue weighted by Gasteiger charge is 2.38. The molecule has 0 saturated heterocycles. The fourth-order valence-electron chi connectivity index (χ4n) is 2.80. The van der Waals surface area contributed by atoms with Crippen LogP contribution in [0.1, 0.15) is 52.8 Å². The number of aromatic carboxylic acids is 1. The molecule has 68 valence electrons. The van der Waals surface area contributed by atoms with Gasteiger partial charge in [0.25, 0.3) is 0 Å². The van der Waals surface area contributed by atoms with Gasteiger partial charge in [-0.15, -0.1) is 0 Å². The molecular formula is C10H11NO2. The summed E-state index contributed by atoms with van der Waals surface area (Å²) in [6.07, 6.45) is 3.72. The molecule has 0 aliphatic heterocycles. The Balaban J connectivity index is 2.11. The van der Waals surface area contributed by atoms with Crippen LogP contribution in [0.3, 0.4) is 0 Å². The topological polar surface area (TPSA) is 53.1 Å². The van der Waals surface area contributed by atoms with Crippen LogP contribution in [0.25, 0.3) is 0 Å². The Labute approximate surface area is 75.8 Å². The Kier molecular flexibility index (Phi) is 1.19. The molecule has 1 aromatic heterocycles. The molecule has 2 aliphatic rings. The molecule has 0 spiro atoms. The Hall–Kier alpha value is -1.25. The lowest BCUT2D eigenvalue weighted by Gasteiger charge is -2.08.